The van der Waals surface area contributed by atoms with Crippen molar-refractivity contribution in [2.24, 2.45) is 0 Å². The van der Waals surface area contributed by atoms with E-state index in [0.717, 1.165) is 22.7 Å². The largest absolute Gasteiger partial charge is 0.456 e. The number of aromatic nitrogens is 4. The van der Waals surface area contributed by atoms with Gasteiger partial charge in [-0.3, -0.25) is 9.59 Å². The summed E-state index contributed by atoms with van der Waals surface area (Å²) in [6, 6.07) is 3.95. The lowest BCUT2D eigenvalue weighted by Gasteiger charge is -2.11. The Balaban J connectivity index is 1.58. The number of carbonyl (C=O) groups is 2. The van der Waals surface area contributed by atoms with Crippen molar-refractivity contribution in [2.75, 3.05) is 11.9 Å². The Morgan fingerprint density at radius 1 is 1.06 bits per heavy atom. The third kappa shape index (κ3) is 5.80. The van der Waals surface area contributed by atoms with E-state index in [0.29, 0.717) is 17.0 Å². The highest BCUT2D eigenvalue weighted by Gasteiger charge is 2.37. The Labute approximate surface area is 187 Å². The molecule has 3 rings (SSSR count). The number of amides is 1. The van der Waals surface area contributed by atoms with E-state index in [4.69, 9.17) is 4.74 Å². The fraction of sp³-hybridized carbons (Fsp3) is 0.350. The summed E-state index contributed by atoms with van der Waals surface area (Å²) in [7, 11) is 0. The lowest BCUT2D eigenvalue weighted by Crippen LogP contribution is -2.21. The molecule has 2 heterocycles. The van der Waals surface area contributed by atoms with Gasteiger partial charge in [-0.15, -0.1) is 5.10 Å². The zero-order valence-electron chi connectivity index (χ0n) is 17.7. The molecule has 182 valence electrons. The van der Waals surface area contributed by atoms with E-state index < -0.39 is 42.2 Å². The summed E-state index contributed by atoms with van der Waals surface area (Å²) < 4.78 is 82.6. The van der Waals surface area contributed by atoms with Gasteiger partial charge in [0.15, 0.2) is 6.61 Å². The smallest absolute Gasteiger partial charge is 0.453 e. The first-order valence-corrected chi connectivity index (χ1v) is 9.68. The van der Waals surface area contributed by atoms with E-state index >= 15 is 0 Å². The molecule has 0 unspecified atom stereocenters. The van der Waals surface area contributed by atoms with Crippen LogP contribution < -0.4 is 5.32 Å². The van der Waals surface area contributed by atoms with E-state index in [1.165, 1.54) is 19.9 Å². The minimum absolute atomic E-state index is 0.0376. The number of benzene rings is 1. The highest BCUT2D eigenvalue weighted by molar-refractivity contribution is 5.92. The number of hydrogen-bond donors (Lipinski definition) is 1. The van der Waals surface area contributed by atoms with Crippen LogP contribution in [0.4, 0.5) is 32.0 Å². The van der Waals surface area contributed by atoms with Gasteiger partial charge in [0, 0.05) is 23.5 Å². The van der Waals surface area contributed by atoms with Crippen LogP contribution >= 0.6 is 0 Å². The highest BCUT2D eigenvalue weighted by atomic mass is 19.4. The fourth-order valence-electron chi connectivity index (χ4n) is 3.11. The lowest BCUT2D eigenvalue weighted by atomic mass is 10.1. The standard InChI is InChI=1S/C20H17F6N5O3/c1-10-14(11(2)31-18(27-10)29-17(30-31)20(24,25)26)6-7-16(33)34-9-15(32)28-13-5-3-4-12(8-13)19(21,22)23/h3-5,8H,6-7,9H2,1-2H3,(H,28,32). The van der Waals surface area contributed by atoms with Crippen molar-refractivity contribution in [3.63, 3.8) is 0 Å². The van der Waals surface area contributed by atoms with Crippen LogP contribution in [0.25, 0.3) is 5.78 Å². The first kappa shape index (κ1) is 24.9. The molecule has 3 aromatic rings. The molecule has 0 saturated carbocycles. The predicted octanol–water partition coefficient (Wildman–Crippen LogP) is 3.89. The molecule has 0 aliphatic heterocycles. The topological polar surface area (TPSA) is 98.5 Å². The van der Waals surface area contributed by atoms with Gasteiger partial charge in [0.1, 0.15) is 0 Å². The van der Waals surface area contributed by atoms with Gasteiger partial charge in [-0.2, -0.15) is 31.3 Å². The van der Waals surface area contributed by atoms with Crippen LogP contribution in [0, 0.1) is 13.8 Å². The number of nitrogens with one attached hydrogen (secondary N) is 1. The molecule has 2 aromatic heterocycles. The first-order chi connectivity index (χ1) is 15.8. The second kappa shape index (κ2) is 9.27. The molecule has 14 heteroatoms. The summed E-state index contributed by atoms with van der Waals surface area (Å²) in [5.41, 5.74) is 0.0409. The summed E-state index contributed by atoms with van der Waals surface area (Å²) in [5.74, 6) is -3.22. The maximum absolute atomic E-state index is 12.9. The minimum Gasteiger partial charge on any atom is -0.456 e. The van der Waals surface area contributed by atoms with Crippen molar-refractivity contribution in [1.29, 1.82) is 0 Å². The number of hydrogen-bond acceptors (Lipinski definition) is 6. The molecule has 8 nitrogen and oxygen atoms in total. The maximum Gasteiger partial charge on any atom is 0.453 e. The normalized spacial score (nSPS) is 12.1. The van der Waals surface area contributed by atoms with Gasteiger partial charge in [0.2, 0.25) is 0 Å². The Hall–Kier alpha value is -3.71. The van der Waals surface area contributed by atoms with Crippen molar-refractivity contribution in [2.45, 2.75) is 39.0 Å². The van der Waals surface area contributed by atoms with E-state index in [-0.39, 0.29) is 24.3 Å². The molecular weight excluding hydrogens is 472 g/mol. The number of aryl methyl sites for hydroxylation is 2. The number of nitrogens with zero attached hydrogens (tertiary/aromatic N) is 4. The van der Waals surface area contributed by atoms with Crippen LogP contribution in [0.1, 0.15) is 34.8 Å². The molecule has 1 N–H and O–H groups in total. The molecule has 1 aromatic carbocycles. The Kier molecular flexibility index (Phi) is 6.79. The van der Waals surface area contributed by atoms with Gasteiger partial charge in [-0.05, 0) is 44.0 Å². The summed E-state index contributed by atoms with van der Waals surface area (Å²) >= 11 is 0. The van der Waals surface area contributed by atoms with Gasteiger partial charge in [-0.1, -0.05) is 6.07 Å². The SMILES string of the molecule is Cc1nc2nc(C(F)(F)F)nn2c(C)c1CCC(=O)OCC(=O)Nc1cccc(C(F)(F)F)c1. The van der Waals surface area contributed by atoms with E-state index in [9.17, 15) is 35.9 Å². The van der Waals surface area contributed by atoms with E-state index in [1.807, 2.05) is 0 Å². The molecule has 0 saturated heterocycles. The molecular formula is C20H17F6N5O3. The number of rotatable bonds is 6. The minimum atomic E-state index is -4.74. The van der Waals surface area contributed by atoms with E-state index in [2.05, 4.69) is 20.4 Å². The lowest BCUT2D eigenvalue weighted by molar-refractivity contribution is -0.147. The van der Waals surface area contributed by atoms with E-state index in [1.54, 1.807) is 0 Å². The van der Waals surface area contributed by atoms with Crippen LogP contribution in [0.15, 0.2) is 24.3 Å². The molecule has 0 spiro atoms. The van der Waals surface area contributed by atoms with Crippen molar-refractivity contribution in [3.05, 3.63) is 52.6 Å². The Bertz CT molecular complexity index is 1240. The number of esters is 1. The van der Waals surface area contributed by atoms with Gasteiger partial charge in [0.05, 0.1) is 5.56 Å². The highest BCUT2D eigenvalue weighted by Crippen LogP contribution is 2.30. The third-order valence-electron chi connectivity index (χ3n) is 4.72. The van der Waals surface area contributed by atoms with Crippen molar-refractivity contribution >= 4 is 23.3 Å². The quantitative estimate of drug-likeness (QED) is 0.417. The predicted molar refractivity (Wildman–Crippen MR) is 105 cm³/mol. The summed E-state index contributed by atoms with van der Waals surface area (Å²) in [4.78, 5) is 31.3. The van der Waals surface area contributed by atoms with Crippen LogP contribution in [-0.2, 0) is 33.1 Å². The number of halogens is 6. The average molecular weight is 489 g/mol. The summed E-state index contributed by atoms with van der Waals surface area (Å²) in [6.45, 7) is 2.31. The monoisotopic (exact) mass is 489 g/mol. The van der Waals surface area contributed by atoms with Crippen molar-refractivity contribution in [3.8, 4) is 0 Å². The summed E-state index contributed by atoms with van der Waals surface area (Å²) in [6.07, 6.45) is -9.52. The van der Waals surface area contributed by atoms with Gasteiger partial charge < -0.3 is 10.1 Å². The van der Waals surface area contributed by atoms with Crippen molar-refractivity contribution < 1.29 is 40.7 Å². The van der Waals surface area contributed by atoms with Crippen LogP contribution in [-0.4, -0.2) is 38.1 Å². The number of fused-ring (bicyclic) bond motifs is 1. The second-order valence-corrected chi connectivity index (χ2v) is 7.19. The molecule has 0 fully saturated rings. The molecule has 0 radical (unpaired) electrons. The molecule has 1 amide bonds. The molecule has 0 aliphatic rings. The zero-order valence-corrected chi connectivity index (χ0v) is 17.7. The Morgan fingerprint density at radius 3 is 2.41 bits per heavy atom. The molecule has 0 aliphatic carbocycles. The van der Waals surface area contributed by atoms with Gasteiger partial charge in [-0.25, -0.2) is 9.50 Å². The van der Waals surface area contributed by atoms with Crippen LogP contribution in [0.5, 0.6) is 0 Å². The Morgan fingerprint density at radius 2 is 1.76 bits per heavy atom. The van der Waals surface area contributed by atoms with Crippen molar-refractivity contribution in [1.82, 2.24) is 19.6 Å². The van der Waals surface area contributed by atoms with Gasteiger partial charge in [0.25, 0.3) is 17.5 Å². The molecule has 0 atom stereocenters. The average Bonchev–Trinajstić information content (AvgIpc) is 3.16. The first-order valence-electron chi connectivity index (χ1n) is 9.68. The number of alkyl halides is 6. The van der Waals surface area contributed by atoms with Crippen LogP contribution in [0.3, 0.4) is 0 Å². The molecule has 34 heavy (non-hydrogen) atoms. The summed E-state index contributed by atoms with van der Waals surface area (Å²) in [5, 5.41) is 5.61. The zero-order chi connectivity index (χ0) is 25.3. The van der Waals surface area contributed by atoms with Gasteiger partial charge >= 0.3 is 18.3 Å². The maximum atomic E-state index is 12.9. The van der Waals surface area contributed by atoms with Crippen LogP contribution in [0.2, 0.25) is 0 Å². The molecule has 0 bridgehead atoms. The number of carbonyl (C=O) groups excluding carboxylic acids is 2. The number of ether oxygens (including phenoxy) is 1. The third-order valence-corrected chi connectivity index (χ3v) is 4.72. The number of anilines is 1. The second-order valence-electron chi connectivity index (χ2n) is 7.19. The fourth-order valence-corrected chi connectivity index (χ4v) is 3.11.